The van der Waals surface area contributed by atoms with Gasteiger partial charge in [0, 0.05) is 45.3 Å². The van der Waals surface area contributed by atoms with E-state index in [4.69, 9.17) is 0 Å². The van der Waals surface area contributed by atoms with Crippen molar-refractivity contribution in [2.45, 2.75) is 39.8 Å². The molecule has 8 heteroatoms. The Morgan fingerprint density at radius 1 is 1.05 bits per heavy atom. The summed E-state index contributed by atoms with van der Waals surface area (Å²) in [4.78, 5) is 6.50. The minimum absolute atomic E-state index is 0.337. The van der Waals surface area contributed by atoms with E-state index in [1.54, 1.807) is 7.05 Å². The van der Waals surface area contributed by atoms with Crippen molar-refractivity contribution in [2.24, 2.45) is 4.99 Å². The minimum Gasteiger partial charge on any atom is -0.355 e. The van der Waals surface area contributed by atoms with E-state index in [1.807, 2.05) is 0 Å². The average molecular weight is 321 g/mol. The molecular weight excluding hydrogens is 290 g/mol. The molecule has 0 radical (unpaired) electrons. The second-order valence-electron chi connectivity index (χ2n) is 5.52. The lowest BCUT2D eigenvalue weighted by molar-refractivity contribution is 0.178. The molecule has 0 aliphatic carbocycles. The first-order valence-electron chi connectivity index (χ1n) is 7.32. The van der Waals surface area contributed by atoms with Crippen LogP contribution in [0.2, 0.25) is 0 Å². The lowest BCUT2D eigenvalue weighted by Crippen LogP contribution is -2.46. The fraction of sp³-hybridized carbons (Fsp3) is 0.923. The summed E-state index contributed by atoms with van der Waals surface area (Å²) in [5, 5.41) is 6.29. The highest BCUT2D eigenvalue weighted by Crippen LogP contribution is 2.02. The van der Waals surface area contributed by atoms with Crippen molar-refractivity contribution >= 4 is 16.0 Å². The zero-order chi connectivity index (χ0) is 16.5. The molecule has 0 amide bonds. The highest BCUT2D eigenvalue weighted by atomic mass is 32.2. The van der Waals surface area contributed by atoms with Gasteiger partial charge in [-0.25, -0.2) is 13.1 Å². The number of guanidine groups is 1. The van der Waals surface area contributed by atoms with Gasteiger partial charge in [-0.3, -0.25) is 9.89 Å². The fourth-order valence-electron chi connectivity index (χ4n) is 2.05. The molecule has 0 aromatic heterocycles. The summed E-state index contributed by atoms with van der Waals surface area (Å²) in [6.45, 7) is 11.3. The highest BCUT2D eigenvalue weighted by Gasteiger charge is 2.12. The minimum atomic E-state index is -3.13. The molecule has 0 rings (SSSR count). The number of aliphatic imine (C=N–C) groups is 1. The Hall–Kier alpha value is -0.860. The van der Waals surface area contributed by atoms with Crippen molar-refractivity contribution in [3.63, 3.8) is 0 Å². The molecule has 21 heavy (non-hydrogen) atoms. The molecule has 0 saturated heterocycles. The molecule has 0 fully saturated rings. The van der Waals surface area contributed by atoms with Crippen LogP contribution < -0.4 is 15.4 Å². The fourth-order valence-corrected chi connectivity index (χ4v) is 2.53. The first-order chi connectivity index (χ1) is 9.67. The van der Waals surface area contributed by atoms with E-state index in [1.165, 1.54) is 0 Å². The van der Waals surface area contributed by atoms with Crippen LogP contribution in [0.15, 0.2) is 4.99 Å². The van der Waals surface area contributed by atoms with Crippen LogP contribution in [0.4, 0.5) is 0 Å². The van der Waals surface area contributed by atoms with E-state index in [9.17, 15) is 8.42 Å². The average Bonchev–Trinajstić information content (AvgIpc) is 2.34. The first kappa shape index (κ1) is 20.1. The Morgan fingerprint density at radius 2 is 1.57 bits per heavy atom. The second-order valence-corrected chi connectivity index (χ2v) is 7.35. The van der Waals surface area contributed by atoms with Gasteiger partial charge in [-0.1, -0.05) is 0 Å². The molecule has 0 atom stereocenters. The maximum absolute atomic E-state index is 10.9. The number of sulfonamides is 1. The maximum Gasteiger partial charge on any atom is 0.208 e. The molecular formula is C13H31N5O2S. The molecule has 0 bridgehead atoms. The molecule has 0 aromatic carbocycles. The Labute approximate surface area is 129 Å². The lowest BCUT2D eigenvalue weighted by atomic mass is 10.2. The lowest BCUT2D eigenvalue weighted by Gasteiger charge is -2.30. The van der Waals surface area contributed by atoms with E-state index in [0.717, 1.165) is 19.3 Å². The van der Waals surface area contributed by atoms with Crippen LogP contribution >= 0.6 is 0 Å². The number of rotatable bonds is 9. The molecule has 7 nitrogen and oxygen atoms in total. The van der Waals surface area contributed by atoms with Crippen LogP contribution in [0.5, 0.6) is 0 Å². The van der Waals surface area contributed by atoms with E-state index < -0.39 is 10.0 Å². The van der Waals surface area contributed by atoms with E-state index >= 15 is 0 Å². The van der Waals surface area contributed by atoms with Crippen LogP contribution in [0.1, 0.15) is 27.7 Å². The van der Waals surface area contributed by atoms with Gasteiger partial charge in [0.15, 0.2) is 5.96 Å². The topological polar surface area (TPSA) is 85.8 Å². The maximum atomic E-state index is 10.9. The van der Waals surface area contributed by atoms with Crippen molar-refractivity contribution in [1.82, 2.24) is 20.3 Å². The zero-order valence-electron chi connectivity index (χ0n) is 14.1. The van der Waals surface area contributed by atoms with Crippen molar-refractivity contribution in [3.8, 4) is 0 Å². The summed E-state index contributed by atoms with van der Waals surface area (Å²) in [7, 11) is -1.44. The Kier molecular flexibility index (Phi) is 9.56. The van der Waals surface area contributed by atoms with Crippen LogP contribution in [0, 0.1) is 0 Å². The number of nitrogens with zero attached hydrogens (tertiary/aromatic N) is 2. The Balaban J connectivity index is 4.01. The SMILES string of the molecule is CN=C(NCCNS(C)(=O)=O)NCCN(C(C)C)C(C)C. The molecule has 0 saturated carbocycles. The summed E-state index contributed by atoms with van der Waals surface area (Å²) >= 11 is 0. The predicted octanol–water partition coefficient (Wildman–Crippen LogP) is -0.181. The van der Waals surface area contributed by atoms with Gasteiger partial charge in [-0.2, -0.15) is 0 Å². The van der Waals surface area contributed by atoms with Crippen LogP contribution in [-0.4, -0.2) is 70.8 Å². The normalized spacial score (nSPS) is 13.3. The van der Waals surface area contributed by atoms with Gasteiger partial charge in [0.2, 0.25) is 10.0 Å². The predicted molar refractivity (Wildman–Crippen MR) is 89.2 cm³/mol. The molecule has 126 valence electrons. The molecule has 0 heterocycles. The molecule has 0 aromatic rings. The third-order valence-corrected chi connectivity index (χ3v) is 3.72. The summed E-state index contributed by atoms with van der Waals surface area (Å²) < 4.78 is 24.3. The van der Waals surface area contributed by atoms with Gasteiger partial charge in [-0.15, -0.1) is 0 Å². The summed E-state index contributed by atoms with van der Waals surface area (Å²) in [6, 6.07) is 1.00. The van der Waals surface area contributed by atoms with E-state index in [0.29, 0.717) is 31.1 Å². The van der Waals surface area contributed by atoms with E-state index in [2.05, 4.69) is 52.9 Å². The first-order valence-corrected chi connectivity index (χ1v) is 9.21. The van der Waals surface area contributed by atoms with Crippen molar-refractivity contribution in [2.75, 3.05) is 39.5 Å². The van der Waals surface area contributed by atoms with Crippen LogP contribution in [0.25, 0.3) is 0 Å². The largest absolute Gasteiger partial charge is 0.355 e. The smallest absolute Gasteiger partial charge is 0.208 e. The highest BCUT2D eigenvalue weighted by molar-refractivity contribution is 7.88. The van der Waals surface area contributed by atoms with Crippen molar-refractivity contribution < 1.29 is 8.42 Å². The zero-order valence-corrected chi connectivity index (χ0v) is 14.9. The number of nitrogens with one attached hydrogen (secondary N) is 3. The van der Waals surface area contributed by atoms with Gasteiger partial charge in [0.25, 0.3) is 0 Å². The number of hydrogen-bond acceptors (Lipinski definition) is 4. The van der Waals surface area contributed by atoms with Gasteiger partial charge in [0.05, 0.1) is 6.26 Å². The van der Waals surface area contributed by atoms with Crippen molar-refractivity contribution in [1.29, 1.82) is 0 Å². The Bertz CT molecular complexity index is 399. The van der Waals surface area contributed by atoms with Gasteiger partial charge in [-0.05, 0) is 27.7 Å². The summed E-state index contributed by atoms with van der Waals surface area (Å²) in [6.07, 6.45) is 1.15. The number of hydrogen-bond donors (Lipinski definition) is 3. The van der Waals surface area contributed by atoms with Gasteiger partial charge >= 0.3 is 0 Å². The molecule has 0 spiro atoms. The Morgan fingerprint density at radius 3 is 2.00 bits per heavy atom. The monoisotopic (exact) mass is 321 g/mol. The molecule has 0 aliphatic heterocycles. The standard InChI is InChI=1S/C13H31N5O2S/c1-11(2)18(12(3)4)10-9-16-13(14-5)15-7-8-17-21(6,19)20/h11-12,17H,7-10H2,1-6H3,(H2,14,15,16). The van der Waals surface area contributed by atoms with Crippen molar-refractivity contribution in [3.05, 3.63) is 0 Å². The summed E-state index contributed by atoms with van der Waals surface area (Å²) in [5.41, 5.74) is 0. The molecule has 0 aliphatic rings. The molecule has 3 N–H and O–H groups in total. The second kappa shape index (κ2) is 9.97. The molecule has 0 unspecified atom stereocenters. The third kappa shape index (κ3) is 10.5. The quantitative estimate of drug-likeness (QED) is 0.312. The van der Waals surface area contributed by atoms with E-state index in [-0.39, 0.29) is 0 Å². The van der Waals surface area contributed by atoms with Gasteiger partial charge < -0.3 is 10.6 Å². The summed E-state index contributed by atoms with van der Waals surface area (Å²) in [5.74, 6) is 0.678. The van der Waals surface area contributed by atoms with Gasteiger partial charge in [0.1, 0.15) is 0 Å². The third-order valence-electron chi connectivity index (χ3n) is 2.99. The van der Waals surface area contributed by atoms with Crippen LogP contribution in [-0.2, 0) is 10.0 Å². The van der Waals surface area contributed by atoms with Crippen LogP contribution in [0.3, 0.4) is 0 Å².